The lowest BCUT2D eigenvalue weighted by atomic mass is 10.2. The molecule has 0 saturated carbocycles. The molecule has 0 atom stereocenters. The lowest BCUT2D eigenvalue weighted by Gasteiger charge is -2.18. The first-order valence-corrected chi connectivity index (χ1v) is 7.70. The smallest absolute Gasteiger partial charge is 0.145 e. The number of hydrogen-bond donors (Lipinski definition) is 1. The molecule has 5 heteroatoms. The third-order valence-corrected chi connectivity index (χ3v) is 3.82. The van der Waals surface area contributed by atoms with Crippen molar-refractivity contribution in [1.82, 2.24) is 9.97 Å². The quantitative estimate of drug-likeness (QED) is 0.749. The molecule has 0 aliphatic rings. The molecular formula is C18H17ClN4. The summed E-state index contributed by atoms with van der Waals surface area (Å²) in [5.41, 5.74) is 2.17. The molecule has 2 heterocycles. The van der Waals surface area contributed by atoms with Crippen molar-refractivity contribution >= 4 is 28.9 Å². The molecule has 2 aromatic heterocycles. The van der Waals surface area contributed by atoms with Crippen LogP contribution >= 0.6 is 11.6 Å². The number of halogens is 1. The van der Waals surface area contributed by atoms with E-state index in [-0.39, 0.29) is 0 Å². The van der Waals surface area contributed by atoms with E-state index in [1.54, 1.807) is 6.20 Å². The second kappa shape index (κ2) is 7.11. The molecule has 4 nitrogen and oxygen atoms in total. The third kappa shape index (κ3) is 3.79. The van der Waals surface area contributed by atoms with Crippen LogP contribution in [0, 0.1) is 0 Å². The summed E-state index contributed by atoms with van der Waals surface area (Å²) in [6.45, 7) is 0.624. The highest BCUT2D eigenvalue weighted by atomic mass is 35.5. The number of pyridine rings is 2. The van der Waals surface area contributed by atoms with Gasteiger partial charge in [0.25, 0.3) is 0 Å². The number of anilines is 3. The first kappa shape index (κ1) is 15.3. The van der Waals surface area contributed by atoms with Gasteiger partial charge in [-0.25, -0.2) is 9.97 Å². The molecule has 0 spiro atoms. The van der Waals surface area contributed by atoms with Gasteiger partial charge in [-0.3, -0.25) is 0 Å². The van der Waals surface area contributed by atoms with Crippen LogP contribution in [0.3, 0.4) is 0 Å². The Hall–Kier alpha value is -2.59. The fourth-order valence-electron chi connectivity index (χ4n) is 2.21. The molecule has 0 fully saturated rings. The van der Waals surface area contributed by atoms with E-state index in [1.807, 2.05) is 60.6 Å². The van der Waals surface area contributed by atoms with Gasteiger partial charge in [0.05, 0.1) is 5.02 Å². The van der Waals surface area contributed by atoms with Crippen LogP contribution in [0.4, 0.5) is 17.3 Å². The summed E-state index contributed by atoms with van der Waals surface area (Å²) in [5.74, 6) is 1.58. The molecule has 23 heavy (non-hydrogen) atoms. The van der Waals surface area contributed by atoms with Gasteiger partial charge in [-0.2, -0.15) is 0 Å². The summed E-state index contributed by atoms with van der Waals surface area (Å²) >= 11 is 6.08. The Bertz CT molecular complexity index is 759. The normalized spacial score (nSPS) is 10.3. The Morgan fingerprint density at radius 1 is 1.00 bits per heavy atom. The highest BCUT2D eigenvalue weighted by Crippen LogP contribution is 2.22. The fourth-order valence-corrected chi connectivity index (χ4v) is 2.39. The van der Waals surface area contributed by atoms with Gasteiger partial charge in [-0.15, -0.1) is 0 Å². The van der Waals surface area contributed by atoms with E-state index in [0.29, 0.717) is 17.4 Å². The molecular weight excluding hydrogens is 308 g/mol. The van der Waals surface area contributed by atoms with Crippen molar-refractivity contribution < 1.29 is 0 Å². The standard InChI is InChI=1S/C18H17ClN4/c1-23(15-6-3-2-4-7-15)17-10-9-14(12-21-17)13-22-18-16(19)8-5-11-20-18/h2-12H,13H2,1H3,(H,20,22). The zero-order chi connectivity index (χ0) is 16.1. The Morgan fingerprint density at radius 2 is 1.83 bits per heavy atom. The van der Waals surface area contributed by atoms with Crippen LogP contribution < -0.4 is 10.2 Å². The van der Waals surface area contributed by atoms with Gasteiger partial charge in [0.15, 0.2) is 0 Å². The predicted octanol–water partition coefficient (Wildman–Crippen LogP) is 4.51. The van der Waals surface area contributed by atoms with Crippen molar-refractivity contribution in [3.63, 3.8) is 0 Å². The van der Waals surface area contributed by atoms with E-state index in [2.05, 4.69) is 27.4 Å². The maximum absolute atomic E-state index is 6.08. The summed E-state index contributed by atoms with van der Waals surface area (Å²) < 4.78 is 0. The maximum Gasteiger partial charge on any atom is 0.145 e. The zero-order valence-electron chi connectivity index (χ0n) is 12.8. The average molecular weight is 325 g/mol. The van der Waals surface area contributed by atoms with Gasteiger partial charge >= 0.3 is 0 Å². The molecule has 0 amide bonds. The van der Waals surface area contributed by atoms with Crippen LogP contribution in [0.5, 0.6) is 0 Å². The van der Waals surface area contributed by atoms with Crippen LogP contribution in [0.25, 0.3) is 0 Å². The van der Waals surface area contributed by atoms with Crippen LogP contribution in [0.15, 0.2) is 67.0 Å². The van der Waals surface area contributed by atoms with Gasteiger partial charge < -0.3 is 10.2 Å². The Morgan fingerprint density at radius 3 is 2.52 bits per heavy atom. The third-order valence-electron chi connectivity index (χ3n) is 3.51. The van der Waals surface area contributed by atoms with Gasteiger partial charge in [0, 0.05) is 31.7 Å². The van der Waals surface area contributed by atoms with Crippen molar-refractivity contribution in [3.05, 3.63) is 77.6 Å². The summed E-state index contributed by atoms with van der Waals surface area (Å²) in [7, 11) is 2.00. The van der Waals surface area contributed by atoms with E-state index in [9.17, 15) is 0 Å². The van der Waals surface area contributed by atoms with Gasteiger partial charge in [0.1, 0.15) is 11.6 Å². The molecule has 1 aromatic carbocycles. The molecule has 0 saturated heterocycles. The zero-order valence-corrected chi connectivity index (χ0v) is 13.5. The molecule has 3 rings (SSSR count). The number of aromatic nitrogens is 2. The minimum Gasteiger partial charge on any atom is -0.365 e. The Labute approximate surface area is 140 Å². The first-order chi connectivity index (χ1) is 11.2. The first-order valence-electron chi connectivity index (χ1n) is 7.32. The number of rotatable bonds is 5. The van der Waals surface area contributed by atoms with Crippen LogP contribution in [-0.2, 0) is 6.54 Å². The monoisotopic (exact) mass is 324 g/mol. The average Bonchev–Trinajstić information content (AvgIpc) is 2.62. The maximum atomic E-state index is 6.08. The van der Waals surface area contributed by atoms with E-state index in [0.717, 1.165) is 17.1 Å². The lowest BCUT2D eigenvalue weighted by molar-refractivity contribution is 1.06. The fraction of sp³-hybridized carbons (Fsp3) is 0.111. The topological polar surface area (TPSA) is 41.0 Å². The molecule has 0 unspecified atom stereocenters. The van der Waals surface area contributed by atoms with Crippen LogP contribution in [0.2, 0.25) is 5.02 Å². The van der Waals surface area contributed by atoms with Crippen molar-refractivity contribution in [3.8, 4) is 0 Å². The second-order valence-corrected chi connectivity index (χ2v) is 5.51. The highest BCUT2D eigenvalue weighted by molar-refractivity contribution is 6.32. The van der Waals surface area contributed by atoms with Gasteiger partial charge in [-0.1, -0.05) is 35.9 Å². The SMILES string of the molecule is CN(c1ccccc1)c1ccc(CNc2ncccc2Cl)cn1. The molecule has 116 valence electrons. The van der Waals surface area contributed by atoms with E-state index in [4.69, 9.17) is 11.6 Å². The molecule has 0 bridgehead atoms. The molecule has 0 radical (unpaired) electrons. The predicted molar refractivity (Wildman–Crippen MR) is 95.3 cm³/mol. The number of benzene rings is 1. The number of nitrogens with one attached hydrogen (secondary N) is 1. The summed E-state index contributed by atoms with van der Waals surface area (Å²) in [6, 6.07) is 17.8. The summed E-state index contributed by atoms with van der Waals surface area (Å²) in [6.07, 6.45) is 3.57. The minimum atomic E-state index is 0.612. The van der Waals surface area contributed by atoms with Gasteiger partial charge in [-0.05, 0) is 35.9 Å². The van der Waals surface area contributed by atoms with Gasteiger partial charge in [0.2, 0.25) is 0 Å². The molecule has 0 aliphatic carbocycles. The second-order valence-electron chi connectivity index (χ2n) is 5.11. The minimum absolute atomic E-state index is 0.612. The Balaban J connectivity index is 1.67. The van der Waals surface area contributed by atoms with Crippen molar-refractivity contribution in [2.45, 2.75) is 6.54 Å². The molecule has 1 N–H and O–H groups in total. The number of para-hydroxylation sites is 1. The number of hydrogen-bond acceptors (Lipinski definition) is 4. The van der Waals surface area contributed by atoms with Crippen molar-refractivity contribution in [2.24, 2.45) is 0 Å². The van der Waals surface area contributed by atoms with E-state index >= 15 is 0 Å². The Kier molecular flexibility index (Phi) is 4.74. The van der Waals surface area contributed by atoms with Crippen LogP contribution in [-0.4, -0.2) is 17.0 Å². The van der Waals surface area contributed by atoms with E-state index < -0.39 is 0 Å². The molecule has 3 aromatic rings. The molecule has 0 aliphatic heterocycles. The van der Waals surface area contributed by atoms with Crippen molar-refractivity contribution in [1.29, 1.82) is 0 Å². The van der Waals surface area contributed by atoms with Crippen LogP contribution in [0.1, 0.15) is 5.56 Å². The summed E-state index contributed by atoms with van der Waals surface area (Å²) in [4.78, 5) is 10.8. The summed E-state index contributed by atoms with van der Waals surface area (Å²) in [5, 5.41) is 3.82. The van der Waals surface area contributed by atoms with E-state index in [1.165, 1.54) is 0 Å². The lowest BCUT2D eigenvalue weighted by Crippen LogP contribution is -2.11. The highest BCUT2D eigenvalue weighted by Gasteiger charge is 2.05. The largest absolute Gasteiger partial charge is 0.365 e. The van der Waals surface area contributed by atoms with Crippen molar-refractivity contribution in [2.75, 3.05) is 17.3 Å². The number of nitrogens with zero attached hydrogens (tertiary/aromatic N) is 3.